The minimum Gasteiger partial charge on any atom is -0.493 e. The molecule has 0 aromatic heterocycles. The summed E-state index contributed by atoms with van der Waals surface area (Å²) < 4.78 is 6.16. The molecule has 0 amide bonds. The molecular formula is C20H27NO. The molecule has 0 aliphatic rings. The first-order valence-electron chi connectivity index (χ1n) is 8.37. The number of unbranched alkanes of at least 4 members (excludes halogenated alkanes) is 3. The van der Waals surface area contributed by atoms with Gasteiger partial charge in [0.15, 0.2) is 0 Å². The summed E-state index contributed by atoms with van der Waals surface area (Å²) in [5.74, 6) is 0.963. The molecule has 0 fully saturated rings. The summed E-state index contributed by atoms with van der Waals surface area (Å²) in [4.78, 5) is 0. The summed E-state index contributed by atoms with van der Waals surface area (Å²) in [5.41, 5.74) is 10.4. The number of benzene rings is 2. The zero-order chi connectivity index (χ0) is 15.8. The first-order valence-corrected chi connectivity index (χ1v) is 8.37. The Hall–Kier alpha value is -1.96. The molecule has 2 N–H and O–H groups in total. The molecule has 0 heterocycles. The molecule has 0 atom stereocenters. The summed E-state index contributed by atoms with van der Waals surface area (Å²) in [6, 6.07) is 14.4. The van der Waals surface area contributed by atoms with Crippen molar-refractivity contribution in [3.05, 3.63) is 48.0 Å². The van der Waals surface area contributed by atoms with Crippen LogP contribution in [0.1, 0.15) is 45.1 Å². The Balaban J connectivity index is 2.27. The van der Waals surface area contributed by atoms with Gasteiger partial charge in [-0.25, -0.2) is 0 Å². The summed E-state index contributed by atoms with van der Waals surface area (Å²) in [7, 11) is 0. The van der Waals surface area contributed by atoms with Gasteiger partial charge in [0.2, 0.25) is 0 Å². The molecule has 2 aromatic carbocycles. The lowest BCUT2D eigenvalue weighted by Crippen LogP contribution is -2.04. The molecule has 0 spiro atoms. The molecule has 118 valence electrons. The van der Waals surface area contributed by atoms with E-state index in [4.69, 9.17) is 10.5 Å². The maximum atomic E-state index is 6.25. The summed E-state index contributed by atoms with van der Waals surface area (Å²) in [5, 5.41) is 0. The predicted octanol–water partition coefficient (Wildman–Crippen LogP) is 5.46. The van der Waals surface area contributed by atoms with Gasteiger partial charge in [-0.15, -0.1) is 0 Å². The molecule has 2 rings (SSSR count). The fourth-order valence-corrected chi connectivity index (χ4v) is 2.69. The van der Waals surface area contributed by atoms with E-state index in [1.54, 1.807) is 0 Å². The maximum Gasteiger partial charge on any atom is 0.132 e. The monoisotopic (exact) mass is 297 g/mol. The average molecular weight is 297 g/mol. The first-order chi connectivity index (χ1) is 10.8. The van der Waals surface area contributed by atoms with Crippen LogP contribution in [0.3, 0.4) is 0 Å². The minimum absolute atomic E-state index is 0.760. The number of rotatable bonds is 8. The van der Waals surface area contributed by atoms with Crippen LogP contribution >= 0.6 is 0 Å². The zero-order valence-corrected chi connectivity index (χ0v) is 13.8. The molecule has 2 aromatic rings. The van der Waals surface area contributed by atoms with Crippen molar-refractivity contribution in [1.82, 2.24) is 0 Å². The first kappa shape index (κ1) is 16.4. The number of hydrogen-bond acceptors (Lipinski definition) is 2. The third-order valence-corrected chi connectivity index (χ3v) is 3.96. The molecule has 0 saturated heterocycles. The van der Waals surface area contributed by atoms with Gasteiger partial charge in [0, 0.05) is 11.3 Å². The Labute approximate surface area is 134 Å². The standard InChI is InChI=1S/C20H27NO/c1-3-5-6-10-15-22-20-16(4-2)13-14-18(21)19(20)17-11-8-7-9-12-17/h7-9,11-14H,3-6,10,15,21H2,1-2H3. The quantitative estimate of drug-likeness (QED) is 0.519. The van der Waals surface area contributed by atoms with Crippen molar-refractivity contribution < 1.29 is 4.74 Å². The molecule has 0 unspecified atom stereocenters. The van der Waals surface area contributed by atoms with E-state index < -0.39 is 0 Å². The molecule has 0 aliphatic heterocycles. The van der Waals surface area contributed by atoms with Crippen molar-refractivity contribution in [2.45, 2.75) is 46.0 Å². The second kappa shape index (κ2) is 8.47. The number of nitrogen functional groups attached to an aromatic ring is 1. The van der Waals surface area contributed by atoms with E-state index in [9.17, 15) is 0 Å². The van der Waals surface area contributed by atoms with Crippen LogP contribution in [0.25, 0.3) is 11.1 Å². The lowest BCUT2D eigenvalue weighted by Gasteiger charge is -2.17. The van der Waals surface area contributed by atoms with Crippen molar-refractivity contribution in [2.24, 2.45) is 0 Å². The number of nitrogens with two attached hydrogens (primary N) is 1. The lowest BCUT2D eigenvalue weighted by molar-refractivity contribution is 0.303. The van der Waals surface area contributed by atoms with E-state index in [0.717, 1.165) is 42.0 Å². The third kappa shape index (κ3) is 4.03. The van der Waals surface area contributed by atoms with Crippen molar-refractivity contribution >= 4 is 5.69 Å². The smallest absolute Gasteiger partial charge is 0.132 e. The van der Waals surface area contributed by atoms with Crippen LogP contribution in [0.4, 0.5) is 5.69 Å². The van der Waals surface area contributed by atoms with Crippen LogP contribution in [0.15, 0.2) is 42.5 Å². The van der Waals surface area contributed by atoms with E-state index in [-0.39, 0.29) is 0 Å². The third-order valence-electron chi connectivity index (χ3n) is 3.96. The Bertz CT molecular complexity index is 578. The highest BCUT2D eigenvalue weighted by Crippen LogP contribution is 2.38. The van der Waals surface area contributed by atoms with Crippen LogP contribution in [-0.4, -0.2) is 6.61 Å². The second-order valence-electron chi connectivity index (χ2n) is 5.65. The zero-order valence-electron chi connectivity index (χ0n) is 13.8. The fourth-order valence-electron chi connectivity index (χ4n) is 2.69. The molecule has 0 radical (unpaired) electrons. The molecule has 0 aliphatic carbocycles. The summed E-state index contributed by atoms with van der Waals surface area (Å²) in [6.45, 7) is 5.14. The van der Waals surface area contributed by atoms with Gasteiger partial charge >= 0.3 is 0 Å². The van der Waals surface area contributed by atoms with Gasteiger partial charge in [0.25, 0.3) is 0 Å². The van der Waals surface area contributed by atoms with Gasteiger partial charge in [0.05, 0.1) is 6.61 Å². The minimum atomic E-state index is 0.760. The van der Waals surface area contributed by atoms with E-state index in [2.05, 4.69) is 32.0 Å². The number of aryl methyl sites for hydroxylation is 1. The normalized spacial score (nSPS) is 10.6. The van der Waals surface area contributed by atoms with E-state index in [1.165, 1.54) is 24.8 Å². The van der Waals surface area contributed by atoms with Crippen LogP contribution in [-0.2, 0) is 6.42 Å². The molecule has 2 heteroatoms. The second-order valence-corrected chi connectivity index (χ2v) is 5.65. The van der Waals surface area contributed by atoms with Gasteiger partial charge in [-0.05, 0) is 30.0 Å². The van der Waals surface area contributed by atoms with Crippen molar-refractivity contribution in [2.75, 3.05) is 12.3 Å². The van der Waals surface area contributed by atoms with Crippen LogP contribution in [0.2, 0.25) is 0 Å². The van der Waals surface area contributed by atoms with E-state index in [0.29, 0.717) is 0 Å². The van der Waals surface area contributed by atoms with E-state index >= 15 is 0 Å². The molecular weight excluding hydrogens is 270 g/mol. The highest BCUT2D eigenvalue weighted by Gasteiger charge is 2.14. The highest BCUT2D eigenvalue weighted by atomic mass is 16.5. The molecule has 22 heavy (non-hydrogen) atoms. The Morgan fingerprint density at radius 3 is 2.36 bits per heavy atom. The number of ether oxygens (including phenoxy) is 1. The van der Waals surface area contributed by atoms with Gasteiger partial charge in [-0.1, -0.05) is 69.5 Å². The van der Waals surface area contributed by atoms with Crippen molar-refractivity contribution in [1.29, 1.82) is 0 Å². The molecule has 0 saturated carbocycles. The highest BCUT2D eigenvalue weighted by molar-refractivity contribution is 5.83. The van der Waals surface area contributed by atoms with Crippen molar-refractivity contribution in [3.63, 3.8) is 0 Å². The summed E-state index contributed by atoms with van der Waals surface area (Å²) >= 11 is 0. The fraction of sp³-hybridized carbons (Fsp3) is 0.400. The maximum absolute atomic E-state index is 6.25. The van der Waals surface area contributed by atoms with Gasteiger partial charge in [0.1, 0.15) is 5.75 Å². The largest absolute Gasteiger partial charge is 0.493 e. The summed E-state index contributed by atoms with van der Waals surface area (Å²) in [6.07, 6.45) is 5.78. The Morgan fingerprint density at radius 1 is 0.909 bits per heavy atom. The van der Waals surface area contributed by atoms with Crippen LogP contribution < -0.4 is 10.5 Å². The Morgan fingerprint density at radius 2 is 1.68 bits per heavy atom. The van der Waals surface area contributed by atoms with Gasteiger partial charge < -0.3 is 10.5 Å². The van der Waals surface area contributed by atoms with E-state index in [1.807, 2.05) is 24.3 Å². The average Bonchev–Trinajstić information content (AvgIpc) is 2.55. The Kier molecular flexibility index (Phi) is 6.32. The van der Waals surface area contributed by atoms with Crippen molar-refractivity contribution in [3.8, 4) is 16.9 Å². The topological polar surface area (TPSA) is 35.2 Å². The van der Waals surface area contributed by atoms with Crippen LogP contribution in [0, 0.1) is 0 Å². The molecule has 0 bridgehead atoms. The van der Waals surface area contributed by atoms with Crippen LogP contribution in [0.5, 0.6) is 5.75 Å². The van der Waals surface area contributed by atoms with Gasteiger partial charge in [-0.2, -0.15) is 0 Å². The number of hydrogen-bond donors (Lipinski definition) is 1. The SMILES string of the molecule is CCCCCCOc1c(CC)ccc(N)c1-c1ccccc1. The molecule has 2 nitrogen and oxygen atoms in total. The number of anilines is 1. The lowest BCUT2D eigenvalue weighted by atomic mass is 9.98. The predicted molar refractivity (Wildman–Crippen MR) is 95.3 cm³/mol. The van der Waals surface area contributed by atoms with Gasteiger partial charge in [-0.3, -0.25) is 0 Å².